The Labute approximate surface area is 116 Å². The van der Waals surface area contributed by atoms with Crippen molar-refractivity contribution in [2.75, 3.05) is 14.1 Å². The first-order valence-electron chi connectivity index (χ1n) is 6.58. The summed E-state index contributed by atoms with van der Waals surface area (Å²) in [5.74, 6) is -0.479. The molecule has 1 saturated heterocycles. The van der Waals surface area contributed by atoms with Gasteiger partial charge in [-0.15, -0.1) is 0 Å². The summed E-state index contributed by atoms with van der Waals surface area (Å²) in [6.07, 6.45) is -0.00577. The Balaban J connectivity index is 1.93. The van der Waals surface area contributed by atoms with Crippen LogP contribution in [0, 0.1) is 5.82 Å². The molecule has 0 aromatic heterocycles. The maximum Gasteiger partial charge on any atom is 0.243 e. The zero-order valence-electron chi connectivity index (χ0n) is 11.5. The lowest BCUT2D eigenvalue weighted by Gasteiger charge is -2.56. The highest BCUT2D eigenvalue weighted by Crippen LogP contribution is 2.52. The molecule has 108 valence electrons. The largest absolute Gasteiger partial charge is 0.361 e. The van der Waals surface area contributed by atoms with Crippen LogP contribution in [0.25, 0.3) is 0 Å². The van der Waals surface area contributed by atoms with Gasteiger partial charge in [0.2, 0.25) is 5.91 Å². The number of aliphatic hydroxyl groups is 1. The number of hydrogen-bond donors (Lipinski definition) is 3. The third-order valence-electron chi connectivity index (χ3n) is 4.52. The van der Waals surface area contributed by atoms with Gasteiger partial charge in [0, 0.05) is 0 Å². The smallest absolute Gasteiger partial charge is 0.243 e. The normalized spacial score (nSPS) is 36.2. The molecule has 20 heavy (non-hydrogen) atoms. The predicted octanol–water partition coefficient (Wildman–Crippen LogP) is 0.110. The number of nitrogens with zero attached hydrogens (tertiary/aromatic N) is 1. The second kappa shape index (κ2) is 4.25. The number of rotatable bonds is 2. The highest BCUT2D eigenvalue weighted by molar-refractivity contribution is 5.90. The molecule has 1 aliphatic heterocycles. The van der Waals surface area contributed by atoms with Gasteiger partial charge >= 0.3 is 0 Å². The van der Waals surface area contributed by atoms with E-state index >= 15 is 0 Å². The molecule has 1 heterocycles. The van der Waals surface area contributed by atoms with Gasteiger partial charge in [-0.25, -0.2) is 4.39 Å². The number of carbonyl (C=O) groups excluding carboxylic acids is 1. The molecule has 1 saturated carbocycles. The number of benzene rings is 1. The summed E-state index contributed by atoms with van der Waals surface area (Å²) in [6, 6.07) is 6.47. The van der Waals surface area contributed by atoms with Crippen LogP contribution >= 0.6 is 0 Å². The zero-order valence-corrected chi connectivity index (χ0v) is 11.5. The topological polar surface area (TPSA) is 64.6 Å². The van der Waals surface area contributed by atoms with E-state index in [2.05, 4.69) is 10.6 Å². The number of carbonyl (C=O) groups is 1. The van der Waals surface area contributed by atoms with E-state index in [0.717, 1.165) is 5.56 Å². The summed E-state index contributed by atoms with van der Waals surface area (Å²) < 4.78 is 13.5. The molecule has 1 aliphatic carbocycles. The van der Waals surface area contributed by atoms with Crippen LogP contribution < -0.4 is 10.6 Å². The minimum Gasteiger partial charge on any atom is -0.361 e. The molecule has 0 bridgehead atoms. The molecule has 2 fully saturated rings. The monoisotopic (exact) mass is 279 g/mol. The minimum absolute atomic E-state index is 0.195. The van der Waals surface area contributed by atoms with Crippen LogP contribution in [0.3, 0.4) is 0 Å². The Hall–Kier alpha value is -1.50. The molecule has 0 radical (unpaired) electrons. The van der Waals surface area contributed by atoms with Crippen LogP contribution in [-0.2, 0) is 10.3 Å². The number of aliphatic hydroxyl groups excluding tert-OH is 1. The lowest BCUT2D eigenvalue weighted by Crippen LogP contribution is -2.68. The van der Waals surface area contributed by atoms with Gasteiger partial charge in [-0.05, 0) is 44.6 Å². The van der Waals surface area contributed by atoms with Crippen LogP contribution in [0.15, 0.2) is 24.3 Å². The number of nitrogens with one attached hydrogen (secondary N) is 2. The zero-order chi connectivity index (χ0) is 14.5. The Morgan fingerprint density at radius 3 is 2.60 bits per heavy atom. The van der Waals surface area contributed by atoms with Crippen molar-refractivity contribution < 1.29 is 14.3 Å². The summed E-state index contributed by atoms with van der Waals surface area (Å²) >= 11 is 0. The molecule has 1 spiro atoms. The first kappa shape index (κ1) is 13.5. The van der Waals surface area contributed by atoms with Crippen molar-refractivity contribution in [2.45, 2.75) is 30.3 Å². The van der Waals surface area contributed by atoms with E-state index < -0.39 is 17.4 Å². The van der Waals surface area contributed by atoms with Crippen molar-refractivity contribution in [3.05, 3.63) is 35.6 Å². The highest BCUT2D eigenvalue weighted by atomic mass is 19.1. The fourth-order valence-corrected chi connectivity index (χ4v) is 3.39. The van der Waals surface area contributed by atoms with E-state index in [1.807, 2.05) is 25.1 Å². The quantitative estimate of drug-likeness (QED) is 0.719. The molecule has 1 atom stereocenters. The third kappa shape index (κ3) is 1.76. The van der Waals surface area contributed by atoms with Crippen LogP contribution in [0.5, 0.6) is 0 Å². The Morgan fingerprint density at radius 1 is 1.40 bits per heavy atom. The third-order valence-corrected chi connectivity index (χ3v) is 4.52. The summed E-state index contributed by atoms with van der Waals surface area (Å²) in [7, 11) is 3.84. The predicted molar refractivity (Wildman–Crippen MR) is 71.0 cm³/mol. The molecule has 3 rings (SSSR count). The van der Waals surface area contributed by atoms with Gasteiger partial charge in [0.15, 0.2) is 6.35 Å². The van der Waals surface area contributed by atoms with Crippen LogP contribution in [0.2, 0.25) is 0 Å². The number of hydrogen-bond acceptors (Lipinski definition) is 4. The molecule has 1 unspecified atom stereocenters. The Kier molecular flexibility index (Phi) is 2.86. The molecule has 1 aromatic rings. The summed E-state index contributed by atoms with van der Waals surface area (Å²) in [4.78, 5) is 14.0. The molecule has 1 amide bonds. The Morgan fingerprint density at radius 2 is 2.10 bits per heavy atom. The lowest BCUT2D eigenvalue weighted by molar-refractivity contribution is -0.134. The van der Waals surface area contributed by atoms with Gasteiger partial charge in [0.25, 0.3) is 0 Å². The lowest BCUT2D eigenvalue weighted by atomic mass is 9.59. The van der Waals surface area contributed by atoms with Crippen molar-refractivity contribution in [3.63, 3.8) is 0 Å². The van der Waals surface area contributed by atoms with Crippen LogP contribution in [0.4, 0.5) is 4.39 Å². The van der Waals surface area contributed by atoms with Crippen LogP contribution in [-0.4, -0.2) is 41.9 Å². The average Bonchev–Trinajstić information content (AvgIpc) is 2.61. The second-order valence-corrected chi connectivity index (χ2v) is 5.89. The molecule has 3 N–H and O–H groups in total. The second-order valence-electron chi connectivity index (χ2n) is 5.89. The van der Waals surface area contributed by atoms with Gasteiger partial charge in [-0.3, -0.25) is 15.0 Å². The van der Waals surface area contributed by atoms with Crippen molar-refractivity contribution in [2.24, 2.45) is 0 Å². The number of halogens is 1. The van der Waals surface area contributed by atoms with Gasteiger partial charge < -0.3 is 10.4 Å². The summed E-state index contributed by atoms with van der Waals surface area (Å²) in [5.41, 5.74) is -0.295. The minimum atomic E-state index is -1.00. The van der Waals surface area contributed by atoms with Crippen LogP contribution in [0.1, 0.15) is 18.4 Å². The fourth-order valence-electron chi connectivity index (χ4n) is 3.39. The molecular weight excluding hydrogens is 261 g/mol. The molecule has 1 aromatic carbocycles. The van der Waals surface area contributed by atoms with E-state index in [-0.39, 0.29) is 11.7 Å². The molecule has 5 nitrogen and oxygen atoms in total. The van der Waals surface area contributed by atoms with Gasteiger partial charge in [-0.1, -0.05) is 12.1 Å². The van der Waals surface area contributed by atoms with E-state index in [0.29, 0.717) is 12.8 Å². The van der Waals surface area contributed by atoms with Gasteiger partial charge in [0.05, 0.1) is 5.54 Å². The maximum absolute atomic E-state index is 13.5. The van der Waals surface area contributed by atoms with Crippen molar-refractivity contribution in [1.82, 2.24) is 15.5 Å². The molecule has 2 aliphatic rings. The number of amides is 1. The highest BCUT2D eigenvalue weighted by Gasteiger charge is 2.63. The maximum atomic E-state index is 13.5. The van der Waals surface area contributed by atoms with E-state index in [9.17, 15) is 14.3 Å². The van der Waals surface area contributed by atoms with Crippen molar-refractivity contribution >= 4 is 5.91 Å². The SMILES string of the molecule is CN(C)C1(c2cccc(F)c2)CC2(C1)NC(O)NC2=O. The van der Waals surface area contributed by atoms with Gasteiger partial charge in [-0.2, -0.15) is 0 Å². The van der Waals surface area contributed by atoms with E-state index in [1.165, 1.54) is 12.1 Å². The van der Waals surface area contributed by atoms with Crippen molar-refractivity contribution in [1.29, 1.82) is 0 Å². The van der Waals surface area contributed by atoms with E-state index in [4.69, 9.17) is 0 Å². The summed E-state index contributed by atoms with van der Waals surface area (Å²) in [5, 5.41) is 14.9. The average molecular weight is 279 g/mol. The Bertz CT molecular complexity index is 555. The summed E-state index contributed by atoms with van der Waals surface area (Å²) in [6.45, 7) is 0. The first-order chi connectivity index (χ1) is 9.38. The molecular formula is C14H18FN3O2. The first-order valence-corrected chi connectivity index (χ1v) is 6.58. The fraction of sp³-hybridized carbons (Fsp3) is 0.500. The standard InChI is InChI=1S/C14H18FN3O2/c1-18(2)14(9-4-3-5-10(15)6-9)7-13(8-14)11(19)16-12(20)17-13/h3-6,12,17,20H,7-8H2,1-2H3,(H,16,19). The van der Waals surface area contributed by atoms with Crippen molar-refractivity contribution in [3.8, 4) is 0 Å². The van der Waals surface area contributed by atoms with E-state index in [1.54, 1.807) is 6.07 Å². The van der Waals surface area contributed by atoms with Gasteiger partial charge in [0.1, 0.15) is 11.4 Å². The molecule has 6 heteroatoms.